The normalized spacial score (nSPS) is 10.9. The van der Waals surface area contributed by atoms with Crippen LogP contribution in [0.1, 0.15) is 23.4 Å². The summed E-state index contributed by atoms with van der Waals surface area (Å²) in [5, 5.41) is 11.1. The second-order valence-electron chi connectivity index (χ2n) is 8.35. The molecule has 2 aromatic heterocycles. The van der Waals surface area contributed by atoms with Crippen molar-refractivity contribution in [3.8, 4) is 22.5 Å². The quantitative estimate of drug-likeness (QED) is 0.319. The van der Waals surface area contributed by atoms with E-state index in [0.717, 1.165) is 28.8 Å². The van der Waals surface area contributed by atoms with Gasteiger partial charge in [0.1, 0.15) is 5.82 Å². The Morgan fingerprint density at radius 3 is 2.50 bits per heavy atom. The van der Waals surface area contributed by atoms with Gasteiger partial charge in [-0.2, -0.15) is 10.1 Å². The lowest BCUT2D eigenvalue weighted by molar-refractivity contribution is -0.121. The number of carbonyl (C=O) groups excluding carboxylic acids is 1. The molecule has 0 saturated heterocycles. The van der Waals surface area contributed by atoms with Gasteiger partial charge in [-0.05, 0) is 52.6 Å². The standard InChI is InChI=1S/C28H24FN5O2/c29-24-12-10-22(11-13-24)28-32-27(36-33-28)15-14-26(35)30-18-23-4-1-2-5-25(23)21-8-6-20(7-9-21)19-34-17-3-16-31-34/h1-13,16-17H,14-15,18-19H2,(H,30,35). The highest BCUT2D eigenvalue weighted by atomic mass is 19.1. The number of halogens is 1. The topological polar surface area (TPSA) is 85.8 Å². The van der Waals surface area contributed by atoms with Crippen LogP contribution in [-0.2, 0) is 24.3 Å². The highest BCUT2D eigenvalue weighted by Crippen LogP contribution is 2.24. The van der Waals surface area contributed by atoms with Crippen molar-refractivity contribution >= 4 is 5.91 Å². The number of nitrogens with zero attached hydrogens (tertiary/aromatic N) is 4. The minimum atomic E-state index is -0.330. The van der Waals surface area contributed by atoms with Gasteiger partial charge >= 0.3 is 0 Å². The van der Waals surface area contributed by atoms with E-state index in [1.807, 2.05) is 35.1 Å². The minimum absolute atomic E-state index is 0.110. The largest absolute Gasteiger partial charge is 0.352 e. The number of hydrogen-bond acceptors (Lipinski definition) is 5. The maximum Gasteiger partial charge on any atom is 0.227 e. The molecule has 5 aromatic rings. The van der Waals surface area contributed by atoms with E-state index in [1.54, 1.807) is 18.3 Å². The van der Waals surface area contributed by atoms with Crippen molar-refractivity contribution in [2.45, 2.75) is 25.9 Å². The summed E-state index contributed by atoms with van der Waals surface area (Å²) in [5.41, 5.74) is 5.01. The van der Waals surface area contributed by atoms with Crippen LogP contribution in [0.5, 0.6) is 0 Å². The molecule has 1 N–H and O–H groups in total. The smallest absolute Gasteiger partial charge is 0.227 e. The van der Waals surface area contributed by atoms with Crippen LogP contribution < -0.4 is 5.32 Å². The number of carbonyl (C=O) groups is 1. The zero-order valence-corrected chi connectivity index (χ0v) is 19.5. The number of aromatic nitrogens is 4. The Morgan fingerprint density at radius 2 is 1.72 bits per heavy atom. The van der Waals surface area contributed by atoms with Crippen LogP contribution in [-0.4, -0.2) is 25.8 Å². The lowest BCUT2D eigenvalue weighted by Gasteiger charge is -2.12. The lowest BCUT2D eigenvalue weighted by atomic mass is 9.98. The molecule has 180 valence electrons. The van der Waals surface area contributed by atoms with Gasteiger partial charge in [-0.15, -0.1) is 0 Å². The molecule has 36 heavy (non-hydrogen) atoms. The second-order valence-corrected chi connectivity index (χ2v) is 8.35. The average Bonchev–Trinajstić information content (AvgIpc) is 3.60. The van der Waals surface area contributed by atoms with Crippen LogP contribution in [0.4, 0.5) is 4.39 Å². The molecule has 0 fully saturated rings. The Morgan fingerprint density at radius 1 is 0.944 bits per heavy atom. The summed E-state index contributed by atoms with van der Waals surface area (Å²) in [4.78, 5) is 16.8. The van der Waals surface area contributed by atoms with Crippen LogP contribution in [0.15, 0.2) is 95.8 Å². The Kier molecular flexibility index (Phi) is 6.93. The van der Waals surface area contributed by atoms with E-state index in [2.05, 4.69) is 50.9 Å². The van der Waals surface area contributed by atoms with Gasteiger partial charge in [0, 0.05) is 37.3 Å². The zero-order valence-electron chi connectivity index (χ0n) is 19.5. The first-order chi connectivity index (χ1) is 17.6. The third-order valence-electron chi connectivity index (χ3n) is 5.80. The van der Waals surface area contributed by atoms with Crippen molar-refractivity contribution in [1.82, 2.24) is 25.2 Å². The van der Waals surface area contributed by atoms with E-state index in [-0.39, 0.29) is 18.1 Å². The third kappa shape index (κ3) is 5.72. The Labute approximate surface area is 207 Å². The number of aryl methyl sites for hydroxylation is 1. The molecule has 0 spiro atoms. The van der Waals surface area contributed by atoms with Crippen LogP contribution in [0, 0.1) is 5.82 Å². The first-order valence-corrected chi connectivity index (χ1v) is 11.6. The van der Waals surface area contributed by atoms with Gasteiger partial charge in [0.25, 0.3) is 0 Å². The first kappa shape index (κ1) is 23.2. The second kappa shape index (κ2) is 10.8. The van der Waals surface area contributed by atoms with Crippen molar-refractivity contribution in [2.24, 2.45) is 0 Å². The van der Waals surface area contributed by atoms with Gasteiger partial charge < -0.3 is 9.84 Å². The van der Waals surface area contributed by atoms with E-state index in [9.17, 15) is 9.18 Å². The lowest BCUT2D eigenvalue weighted by Crippen LogP contribution is -2.23. The molecule has 0 radical (unpaired) electrons. The number of rotatable bonds is 9. The van der Waals surface area contributed by atoms with Crippen molar-refractivity contribution < 1.29 is 13.7 Å². The van der Waals surface area contributed by atoms with Gasteiger partial charge in [0.2, 0.25) is 17.6 Å². The van der Waals surface area contributed by atoms with Gasteiger partial charge in [-0.3, -0.25) is 9.48 Å². The monoisotopic (exact) mass is 481 g/mol. The molecule has 0 aliphatic carbocycles. The van der Waals surface area contributed by atoms with Crippen molar-refractivity contribution in [3.63, 3.8) is 0 Å². The Bertz CT molecular complexity index is 1430. The molecule has 8 heteroatoms. The Hall–Kier alpha value is -4.59. The summed E-state index contributed by atoms with van der Waals surface area (Å²) in [7, 11) is 0. The maximum absolute atomic E-state index is 13.1. The van der Waals surface area contributed by atoms with Crippen molar-refractivity contribution in [2.75, 3.05) is 0 Å². The van der Waals surface area contributed by atoms with Gasteiger partial charge in [0.15, 0.2) is 0 Å². The fourth-order valence-electron chi connectivity index (χ4n) is 3.90. The molecular weight excluding hydrogens is 457 g/mol. The molecule has 0 aliphatic rings. The van der Waals surface area contributed by atoms with Crippen molar-refractivity contribution in [1.29, 1.82) is 0 Å². The van der Waals surface area contributed by atoms with Gasteiger partial charge in [0.05, 0.1) is 6.54 Å². The fourth-order valence-corrected chi connectivity index (χ4v) is 3.90. The van der Waals surface area contributed by atoms with Crippen LogP contribution in [0.3, 0.4) is 0 Å². The maximum atomic E-state index is 13.1. The summed E-state index contributed by atoms with van der Waals surface area (Å²) in [5.74, 6) is 0.291. The molecule has 3 aromatic carbocycles. The van der Waals surface area contributed by atoms with E-state index in [0.29, 0.717) is 30.2 Å². The van der Waals surface area contributed by atoms with E-state index < -0.39 is 0 Å². The fraction of sp³-hybridized carbons (Fsp3) is 0.143. The SMILES string of the molecule is O=C(CCc1nc(-c2ccc(F)cc2)no1)NCc1ccccc1-c1ccc(Cn2cccn2)cc1. The predicted molar refractivity (Wildman–Crippen MR) is 133 cm³/mol. The predicted octanol–water partition coefficient (Wildman–Crippen LogP) is 5.04. The number of nitrogens with one attached hydrogen (secondary N) is 1. The van der Waals surface area contributed by atoms with E-state index in [1.165, 1.54) is 12.1 Å². The molecule has 0 bridgehead atoms. The molecule has 0 saturated carbocycles. The van der Waals surface area contributed by atoms with Crippen LogP contribution in [0.2, 0.25) is 0 Å². The van der Waals surface area contributed by atoms with E-state index >= 15 is 0 Å². The van der Waals surface area contributed by atoms with Gasteiger partial charge in [-0.25, -0.2) is 4.39 Å². The molecule has 7 nitrogen and oxygen atoms in total. The number of hydrogen-bond donors (Lipinski definition) is 1. The highest BCUT2D eigenvalue weighted by molar-refractivity contribution is 5.76. The molecule has 0 unspecified atom stereocenters. The molecular formula is C28H24FN5O2. The summed E-state index contributed by atoms with van der Waals surface area (Å²) >= 11 is 0. The number of amides is 1. The molecule has 0 atom stereocenters. The van der Waals surface area contributed by atoms with Crippen LogP contribution in [0.25, 0.3) is 22.5 Å². The third-order valence-corrected chi connectivity index (χ3v) is 5.80. The summed E-state index contributed by atoms with van der Waals surface area (Å²) < 4.78 is 20.2. The molecule has 1 amide bonds. The van der Waals surface area contributed by atoms with Crippen molar-refractivity contribution in [3.05, 3.63) is 114 Å². The van der Waals surface area contributed by atoms with E-state index in [4.69, 9.17) is 4.52 Å². The highest BCUT2D eigenvalue weighted by Gasteiger charge is 2.12. The van der Waals surface area contributed by atoms with Gasteiger partial charge in [-0.1, -0.05) is 53.7 Å². The summed E-state index contributed by atoms with van der Waals surface area (Å²) in [6.45, 7) is 1.13. The zero-order chi connectivity index (χ0) is 24.7. The summed E-state index contributed by atoms with van der Waals surface area (Å²) in [6, 6.07) is 24.2. The summed E-state index contributed by atoms with van der Waals surface area (Å²) in [6.07, 6.45) is 4.25. The molecule has 0 aliphatic heterocycles. The van der Waals surface area contributed by atoms with Crippen LogP contribution >= 0.6 is 0 Å². The minimum Gasteiger partial charge on any atom is -0.352 e. The first-order valence-electron chi connectivity index (χ1n) is 11.6. The molecule has 5 rings (SSSR count). The Balaban J connectivity index is 1.16. The average molecular weight is 482 g/mol. The molecule has 2 heterocycles. The number of benzene rings is 3.